The minimum atomic E-state index is -0.721. The Hall–Kier alpha value is -1.87. The van der Waals surface area contributed by atoms with Gasteiger partial charge in [-0.3, -0.25) is 0 Å². The van der Waals surface area contributed by atoms with Crippen molar-refractivity contribution in [1.82, 2.24) is 0 Å². The van der Waals surface area contributed by atoms with Crippen molar-refractivity contribution in [3.63, 3.8) is 0 Å². The fourth-order valence-electron chi connectivity index (χ4n) is 2.08. The van der Waals surface area contributed by atoms with Gasteiger partial charge in [0.25, 0.3) is 0 Å². The van der Waals surface area contributed by atoms with E-state index in [0.29, 0.717) is 5.56 Å². The van der Waals surface area contributed by atoms with Crippen LogP contribution in [0.1, 0.15) is 22.8 Å². The first-order chi connectivity index (χ1) is 9.11. The molecule has 2 nitrogen and oxygen atoms in total. The van der Waals surface area contributed by atoms with Gasteiger partial charge in [0.1, 0.15) is 0 Å². The molecular weight excluding hydrogens is 243 g/mol. The van der Waals surface area contributed by atoms with E-state index in [2.05, 4.69) is 0 Å². The molecule has 0 bridgehead atoms. The summed E-state index contributed by atoms with van der Waals surface area (Å²) in [5, 5.41) is 10.2. The molecule has 0 aromatic heterocycles. The third kappa shape index (κ3) is 3.12. The molecule has 0 aliphatic heterocycles. The van der Waals surface area contributed by atoms with E-state index >= 15 is 0 Å². The number of methoxy groups -OCH3 is 1. The third-order valence-electron chi connectivity index (χ3n) is 3.10. The van der Waals surface area contributed by atoms with Crippen molar-refractivity contribution < 1.29 is 14.2 Å². The van der Waals surface area contributed by atoms with Gasteiger partial charge in [0.05, 0.1) is 13.2 Å². The lowest BCUT2D eigenvalue weighted by atomic mass is 9.99. The highest BCUT2D eigenvalue weighted by atomic mass is 19.1. The number of halogens is 1. The van der Waals surface area contributed by atoms with Crippen LogP contribution in [-0.2, 0) is 6.42 Å². The van der Waals surface area contributed by atoms with Crippen LogP contribution in [0.4, 0.5) is 4.39 Å². The third-order valence-corrected chi connectivity index (χ3v) is 3.10. The van der Waals surface area contributed by atoms with Gasteiger partial charge in [-0.15, -0.1) is 0 Å². The summed E-state index contributed by atoms with van der Waals surface area (Å²) in [7, 11) is 1.43. The van der Waals surface area contributed by atoms with Crippen LogP contribution in [0.15, 0.2) is 42.5 Å². The number of aliphatic hydroxyl groups excluding tert-OH is 1. The van der Waals surface area contributed by atoms with Gasteiger partial charge in [-0.1, -0.05) is 42.0 Å². The fourth-order valence-corrected chi connectivity index (χ4v) is 2.08. The van der Waals surface area contributed by atoms with E-state index < -0.39 is 11.9 Å². The van der Waals surface area contributed by atoms with Crippen molar-refractivity contribution in [3.8, 4) is 5.75 Å². The Balaban J connectivity index is 2.21. The van der Waals surface area contributed by atoms with Crippen molar-refractivity contribution in [2.24, 2.45) is 0 Å². The van der Waals surface area contributed by atoms with Gasteiger partial charge >= 0.3 is 0 Å². The predicted molar refractivity (Wildman–Crippen MR) is 72.8 cm³/mol. The van der Waals surface area contributed by atoms with Crippen LogP contribution in [0.25, 0.3) is 0 Å². The topological polar surface area (TPSA) is 29.5 Å². The van der Waals surface area contributed by atoms with Gasteiger partial charge in [-0.25, -0.2) is 4.39 Å². The molecule has 19 heavy (non-hydrogen) atoms. The number of hydrogen-bond donors (Lipinski definition) is 1. The Kier molecular flexibility index (Phi) is 4.17. The molecule has 0 fully saturated rings. The van der Waals surface area contributed by atoms with E-state index in [4.69, 9.17) is 4.74 Å². The van der Waals surface area contributed by atoms with Crippen molar-refractivity contribution >= 4 is 0 Å². The molecule has 0 aliphatic carbocycles. The Morgan fingerprint density at radius 2 is 1.95 bits per heavy atom. The molecule has 0 saturated heterocycles. The van der Waals surface area contributed by atoms with E-state index in [1.807, 2.05) is 31.2 Å². The molecule has 0 radical (unpaired) electrons. The summed E-state index contributed by atoms with van der Waals surface area (Å²) in [6.07, 6.45) is -0.492. The van der Waals surface area contributed by atoms with Crippen LogP contribution in [0.2, 0.25) is 0 Å². The first kappa shape index (κ1) is 13.6. The van der Waals surface area contributed by atoms with E-state index in [0.717, 1.165) is 11.1 Å². The number of rotatable bonds is 4. The minimum Gasteiger partial charge on any atom is -0.494 e. The molecule has 3 heteroatoms. The van der Waals surface area contributed by atoms with E-state index in [9.17, 15) is 9.50 Å². The summed E-state index contributed by atoms with van der Waals surface area (Å²) in [6, 6.07) is 12.5. The lowest BCUT2D eigenvalue weighted by molar-refractivity contribution is 0.177. The van der Waals surface area contributed by atoms with Gasteiger partial charge in [-0.2, -0.15) is 0 Å². The number of hydrogen-bond acceptors (Lipinski definition) is 2. The standard InChI is InChI=1S/C16H17FO2/c1-11-5-3-6-12(9-11)14(18)10-13-7-4-8-15(19-2)16(13)17/h3-9,14,18H,10H2,1-2H3. The predicted octanol–water partition coefficient (Wildman–Crippen LogP) is 3.42. The monoisotopic (exact) mass is 260 g/mol. The lowest BCUT2D eigenvalue weighted by Crippen LogP contribution is -2.04. The normalized spacial score (nSPS) is 12.2. The van der Waals surface area contributed by atoms with Crippen molar-refractivity contribution in [2.75, 3.05) is 7.11 Å². The zero-order chi connectivity index (χ0) is 13.8. The highest BCUT2D eigenvalue weighted by molar-refractivity contribution is 5.33. The van der Waals surface area contributed by atoms with Gasteiger partial charge in [0, 0.05) is 6.42 Å². The Morgan fingerprint density at radius 1 is 1.21 bits per heavy atom. The van der Waals surface area contributed by atoms with Gasteiger partial charge < -0.3 is 9.84 Å². The summed E-state index contributed by atoms with van der Waals surface area (Å²) >= 11 is 0. The maximum Gasteiger partial charge on any atom is 0.168 e. The van der Waals surface area contributed by atoms with E-state index in [1.165, 1.54) is 7.11 Å². The summed E-state index contributed by atoms with van der Waals surface area (Å²) < 4.78 is 18.9. The average Bonchev–Trinajstić information content (AvgIpc) is 2.41. The second-order valence-corrected chi connectivity index (χ2v) is 4.57. The van der Waals surface area contributed by atoms with Crippen LogP contribution in [0.3, 0.4) is 0 Å². The molecule has 2 rings (SSSR count). The summed E-state index contributed by atoms with van der Waals surface area (Å²) in [4.78, 5) is 0. The summed E-state index contributed by atoms with van der Waals surface area (Å²) in [5.41, 5.74) is 2.32. The molecule has 0 heterocycles. The zero-order valence-corrected chi connectivity index (χ0v) is 11.1. The van der Waals surface area contributed by atoms with Crippen molar-refractivity contribution in [1.29, 1.82) is 0 Å². The van der Waals surface area contributed by atoms with E-state index in [1.54, 1.807) is 18.2 Å². The molecule has 0 spiro atoms. The Labute approximate surface area is 112 Å². The van der Waals surface area contributed by atoms with Gasteiger partial charge in [-0.05, 0) is 24.1 Å². The highest BCUT2D eigenvalue weighted by Gasteiger charge is 2.14. The second-order valence-electron chi connectivity index (χ2n) is 4.57. The lowest BCUT2D eigenvalue weighted by Gasteiger charge is -2.13. The van der Waals surface area contributed by atoms with Crippen molar-refractivity contribution in [2.45, 2.75) is 19.4 Å². The highest BCUT2D eigenvalue weighted by Crippen LogP contribution is 2.25. The van der Waals surface area contributed by atoms with Crippen LogP contribution in [-0.4, -0.2) is 12.2 Å². The molecule has 100 valence electrons. The summed E-state index contributed by atoms with van der Waals surface area (Å²) in [6.45, 7) is 1.96. The van der Waals surface area contributed by atoms with Crippen LogP contribution < -0.4 is 4.74 Å². The smallest absolute Gasteiger partial charge is 0.168 e. The number of benzene rings is 2. The Morgan fingerprint density at radius 3 is 2.63 bits per heavy atom. The Bertz CT molecular complexity index is 566. The SMILES string of the molecule is COc1cccc(CC(O)c2cccc(C)c2)c1F. The molecule has 1 unspecified atom stereocenters. The second kappa shape index (κ2) is 5.85. The van der Waals surface area contributed by atoms with Gasteiger partial charge in [0.15, 0.2) is 11.6 Å². The summed E-state index contributed by atoms with van der Waals surface area (Å²) in [5.74, 6) is -0.203. The van der Waals surface area contributed by atoms with Crippen LogP contribution >= 0.6 is 0 Å². The molecule has 2 aromatic rings. The largest absolute Gasteiger partial charge is 0.494 e. The minimum absolute atomic E-state index is 0.203. The molecule has 1 atom stereocenters. The molecule has 0 amide bonds. The number of ether oxygens (including phenoxy) is 1. The maximum absolute atomic E-state index is 14.0. The van der Waals surface area contributed by atoms with Crippen molar-refractivity contribution in [3.05, 3.63) is 65.0 Å². The first-order valence-electron chi connectivity index (χ1n) is 6.18. The maximum atomic E-state index is 14.0. The van der Waals surface area contributed by atoms with Gasteiger partial charge in [0.2, 0.25) is 0 Å². The molecule has 2 aromatic carbocycles. The quantitative estimate of drug-likeness (QED) is 0.912. The molecule has 0 aliphatic rings. The van der Waals surface area contributed by atoms with Crippen LogP contribution in [0, 0.1) is 12.7 Å². The number of aryl methyl sites for hydroxylation is 1. The van der Waals surface area contributed by atoms with E-state index in [-0.39, 0.29) is 12.2 Å². The first-order valence-corrected chi connectivity index (χ1v) is 6.18. The molecule has 0 saturated carbocycles. The number of aliphatic hydroxyl groups is 1. The van der Waals surface area contributed by atoms with Crippen LogP contribution in [0.5, 0.6) is 5.75 Å². The average molecular weight is 260 g/mol. The molecule has 1 N–H and O–H groups in total. The zero-order valence-electron chi connectivity index (χ0n) is 11.1. The fraction of sp³-hybridized carbons (Fsp3) is 0.250. The molecular formula is C16H17FO2.